The Bertz CT molecular complexity index is 375. The summed E-state index contributed by atoms with van der Waals surface area (Å²) < 4.78 is 5.70. The van der Waals surface area contributed by atoms with E-state index in [1.807, 2.05) is 13.1 Å². The molecule has 1 saturated carbocycles. The lowest BCUT2D eigenvalue weighted by molar-refractivity contribution is 0.289. The Morgan fingerprint density at radius 2 is 2.18 bits per heavy atom. The number of aromatic nitrogens is 2. The maximum atomic E-state index is 5.70. The summed E-state index contributed by atoms with van der Waals surface area (Å²) in [6.07, 6.45) is 3.88. The lowest BCUT2D eigenvalue weighted by atomic mass is 10.2. The van der Waals surface area contributed by atoms with E-state index in [0.29, 0.717) is 11.8 Å². The Morgan fingerprint density at radius 1 is 1.41 bits per heavy atom. The first-order valence-corrected chi connectivity index (χ1v) is 6.38. The molecule has 1 aromatic rings. The average molecular weight is 235 g/mol. The molecular formula is C13H21N3O. The zero-order valence-electron chi connectivity index (χ0n) is 10.9. The molecule has 0 atom stereocenters. The highest BCUT2D eigenvalue weighted by atomic mass is 16.5. The van der Waals surface area contributed by atoms with Gasteiger partial charge in [0, 0.05) is 19.0 Å². The minimum absolute atomic E-state index is 0.314. The van der Waals surface area contributed by atoms with Crippen LogP contribution in [0.15, 0.2) is 6.07 Å². The van der Waals surface area contributed by atoms with Crippen LogP contribution in [-0.2, 0) is 0 Å². The van der Waals surface area contributed by atoms with E-state index in [1.165, 1.54) is 12.8 Å². The van der Waals surface area contributed by atoms with E-state index in [9.17, 15) is 0 Å². The average Bonchev–Trinajstić information content (AvgIpc) is 3.12. The number of anilines is 1. The molecular weight excluding hydrogens is 214 g/mol. The van der Waals surface area contributed by atoms with Gasteiger partial charge in [0.2, 0.25) is 5.88 Å². The van der Waals surface area contributed by atoms with E-state index in [0.717, 1.165) is 30.6 Å². The van der Waals surface area contributed by atoms with E-state index >= 15 is 0 Å². The molecule has 0 amide bonds. The second kappa shape index (κ2) is 5.34. The molecule has 1 fully saturated rings. The van der Waals surface area contributed by atoms with E-state index in [4.69, 9.17) is 4.74 Å². The summed E-state index contributed by atoms with van der Waals surface area (Å²) in [4.78, 5) is 8.83. The monoisotopic (exact) mass is 235 g/mol. The molecule has 0 aromatic carbocycles. The van der Waals surface area contributed by atoms with Crippen molar-refractivity contribution in [2.45, 2.75) is 39.0 Å². The number of hydrogen-bond acceptors (Lipinski definition) is 4. The number of nitrogens with zero attached hydrogens (tertiary/aromatic N) is 2. The zero-order chi connectivity index (χ0) is 12.3. The molecule has 1 aromatic heterocycles. The van der Waals surface area contributed by atoms with Crippen LogP contribution in [0.1, 0.15) is 44.9 Å². The Labute approximate surface area is 103 Å². The molecule has 1 N–H and O–H groups in total. The van der Waals surface area contributed by atoms with Gasteiger partial charge >= 0.3 is 0 Å². The van der Waals surface area contributed by atoms with Crippen LogP contribution >= 0.6 is 0 Å². The molecule has 0 spiro atoms. The number of ether oxygens (including phenoxy) is 1. The molecule has 0 unspecified atom stereocenters. The Kier molecular flexibility index (Phi) is 3.82. The first-order chi connectivity index (χ1) is 8.19. The molecule has 0 saturated heterocycles. The van der Waals surface area contributed by atoms with Gasteiger partial charge < -0.3 is 10.1 Å². The smallest absolute Gasteiger partial charge is 0.218 e. The van der Waals surface area contributed by atoms with Gasteiger partial charge in [0.25, 0.3) is 0 Å². The van der Waals surface area contributed by atoms with Gasteiger partial charge in [-0.25, -0.2) is 4.98 Å². The highest BCUT2D eigenvalue weighted by molar-refractivity contribution is 5.38. The minimum atomic E-state index is 0.314. The highest BCUT2D eigenvalue weighted by Gasteiger charge is 2.20. The van der Waals surface area contributed by atoms with Crippen molar-refractivity contribution in [3.05, 3.63) is 11.9 Å². The lowest BCUT2D eigenvalue weighted by Crippen LogP contribution is -2.06. The van der Waals surface area contributed by atoms with E-state index in [-0.39, 0.29) is 0 Å². The van der Waals surface area contributed by atoms with Gasteiger partial charge in [0.05, 0.1) is 6.61 Å². The Morgan fingerprint density at radius 3 is 2.76 bits per heavy atom. The fourth-order valence-electron chi connectivity index (χ4n) is 1.64. The Balaban J connectivity index is 2.00. The van der Waals surface area contributed by atoms with Crippen LogP contribution in [0.3, 0.4) is 0 Å². The Hall–Kier alpha value is -1.32. The summed E-state index contributed by atoms with van der Waals surface area (Å²) in [6, 6.07) is 1.86. The predicted octanol–water partition coefficient (Wildman–Crippen LogP) is 2.82. The standard InChI is InChI=1S/C13H21N3O/c1-9(2)13-15-11(14-3)8-12(16-13)17-7-6-10-4-5-10/h8-10H,4-7H2,1-3H3,(H,14,15,16). The minimum Gasteiger partial charge on any atom is -0.478 e. The van der Waals surface area contributed by atoms with E-state index in [2.05, 4.69) is 29.1 Å². The van der Waals surface area contributed by atoms with Crippen LogP contribution < -0.4 is 10.1 Å². The summed E-state index contributed by atoms with van der Waals surface area (Å²) >= 11 is 0. The molecule has 4 nitrogen and oxygen atoms in total. The first kappa shape index (κ1) is 12.1. The maximum absolute atomic E-state index is 5.70. The third kappa shape index (κ3) is 3.58. The number of rotatable bonds is 6. The number of nitrogens with one attached hydrogen (secondary N) is 1. The van der Waals surface area contributed by atoms with Crippen LogP contribution in [0.4, 0.5) is 5.82 Å². The van der Waals surface area contributed by atoms with Crippen molar-refractivity contribution >= 4 is 5.82 Å². The summed E-state index contributed by atoms with van der Waals surface area (Å²) in [6.45, 7) is 4.94. The van der Waals surface area contributed by atoms with Gasteiger partial charge in [0.1, 0.15) is 11.6 Å². The van der Waals surface area contributed by atoms with Crippen molar-refractivity contribution in [1.82, 2.24) is 9.97 Å². The molecule has 1 heterocycles. The third-order valence-electron chi connectivity index (χ3n) is 2.97. The topological polar surface area (TPSA) is 47.0 Å². The van der Waals surface area contributed by atoms with E-state index in [1.54, 1.807) is 0 Å². The number of hydrogen-bond donors (Lipinski definition) is 1. The SMILES string of the molecule is CNc1cc(OCCC2CC2)nc(C(C)C)n1. The summed E-state index contributed by atoms with van der Waals surface area (Å²) in [5.41, 5.74) is 0. The van der Waals surface area contributed by atoms with Crippen LogP contribution in [0.2, 0.25) is 0 Å². The van der Waals surface area contributed by atoms with Gasteiger partial charge in [-0.15, -0.1) is 0 Å². The summed E-state index contributed by atoms with van der Waals surface area (Å²) in [5, 5.41) is 3.04. The molecule has 1 aliphatic rings. The molecule has 0 radical (unpaired) electrons. The molecule has 17 heavy (non-hydrogen) atoms. The van der Waals surface area contributed by atoms with Crippen molar-refractivity contribution < 1.29 is 4.74 Å². The molecule has 94 valence electrons. The van der Waals surface area contributed by atoms with Crippen molar-refractivity contribution in [3.63, 3.8) is 0 Å². The second-order valence-electron chi connectivity index (χ2n) is 4.93. The fraction of sp³-hybridized carbons (Fsp3) is 0.692. The van der Waals surface area contributed by atoms with Crippen LogP contribution in [-0.4, -0.2) is 23.6 Å². The van der Waals surface area contributed by atoms with Gasteiger partial charge in [-0.1, -0.05) is 26.7 Å². The van der Waals surface area contributed by atoms with Crippen LogP contribution in [0.5, 0.6) is 5.88 Å². The fourth-order valence-corrected chi connectivity index (χ4v) is 1.64. The molecule has 4 heteroatoms. The first-order valence-electron chi connectivity index (χ1n) is 6.38. The quantitative estimate of drug-likeness (QED) is 0.823. The predicted molar refractivity (Wildman–Crippen MR) is 68.5 cm³/mol. The molecule has 2 rings (SSSR count). The lowest BCUT2D eigenvalue weighted by Gasteiger charge is -2.10. The largest absolute Gasteiger partial charge is 0.478 e. The van der Waals surface area contributed by atoms with E-state index < -0.39 is 0 Å². The zero-order valence-corrected chi connectivity index (χ0v) is 10.9. The van der Waals surface area contributed by atoms with Crippen LogP contribution in [0, 0.1) is 5.92 Å². The normalized spacial score (nSPS) is 15.1. The van der Waals surface area contributed by atoms with Crippen LogP contribution in [0.25, 0.3) is 0 Å². The maximum Gasteiger partial charge on any atom is 0.218 e. The van der Waals surface area contributed by atoms with Crippen molar-refractivity contribution in [2.75, 3.05) is 19.0 Å². The molecule has 1 aliphatic carbocycles. The summed E-state index contributed by atoms with van der Waals surface area (Å²) in [7, 11) is 1.86. The third-order valence-corrected chi connectivity index (χ3v) is 2.97. The highest BCUT2D eigenvalue weighted by Crippen LogP contribution is 2.32. The van der Waals surface area contributed by atoms with Crippen molar-refractivity contribution in [1.29, 1.82) is 0 Å². The van der Waals surface area contributed by atoms with Gasteiger partial charge in [-0.05, 0) is 12.3 Å². The van der Waals surface area contributed by atoms with Gasteiger partial charge in [-0.3, -0.25) is 0 Å². The molecule has 0 bridgehead atoms. The van der Waals surface area contributed by atoms with Gasteiger partial charge in [-0.2, -0.15) is 4.98 Å². The molecule has 0 aliphatic heterocycles. The van der Waals surface area contributed by atoms with Crippen molar-refractivity contribution in [3.8, 4) is 5.88 Å². The summed E-state index contributed by atoms with van der Waals surface area (Å²) in [5.74, 6) is 3.55. The van der Waals surface area contributed by atoms with Crippen molar-refractivity contribution in [2.24, 2.45) is 5.92 Å². The van der Waals surface area contributed by atoms with Gasteiger partial charge in [0.15, 0.2) is 0 Å². The second-order valence-corrected chi connectivity index (χ2v) is 4.93.